The molecule has 1 saturated heterocycles. The van der Waals surface area contributed by atoms with Crippen LogP contribution >= 0.6 is 0 Å². The van der Waals surface area contributed by atoms with E-state index in [0.29, 0.717) is 19.4 Å². The Kier molecular flexibility index (Phi) is 3.83. The van der Waals surface area contributed by atoms with Crippen molar-refractivity contribution in [1.82, 2.24) is 5.32 Å². The average molecular weight is 316 g/mol. The summed E-state index contributed by atoms with van der Waals surface area (Å²) in [5, 5.41) is 11.9. The van der Waals surface area contributed by atoms with Crippen LogP contribution in [0.1, 0.15) is 31.2 Å². The van der Waals surface area contributed by atoms with Gasteiger partial charge in [-0.2, -0.15) is 0 Å². The van der Waals surface area contributed by atoms with E-state index in [-0.39, 0.29) is 18.2 Å². The minimum atomic E-state index is -1.13. The lowest BCUT2D eigenvalue weighted by Crippen LogP contribution is -2.60. The predicted octanol–water partition coefficient (Wildman–Crippen LogP) is 1.47. The zero-order valence-corrected chi connectivity index (χ0v) is 13.0. The minimum Gasteiger partial charge on any atom is -0.480 e. The Balaban J connectivity index is 1.68. The number of rotatable bonds is 4. The summed E-state index contributed by atoms with van der Waals surface area (Å²) in [6.45, 7) is 2.26. The molecule has 122 valence electrons. The van der Waals surface area contributed by atoms with Gasteiger partial charge in [0.2, 0.25) is 11.8 Å². The molecule has 3 rings (SSSR count). The number of hydrogen-bond donors (Lipinski definition) is 2. The molecule has 1 atom stereocenters. The molecule has 2 fully saturated rings. The van der Waals surface area contributed by atoms with Crippen LogP contribution in [-0.2, 0) is 14.4 Å². The van der Waals surface area contributed by atoms with Gasteiger partial charge in [-0.05, 0) is 38.3 Å². The minimum absolute atomic E-state index is 0.105. The standard InChI is InChI=1S/C17H20N2O4/c1-11-3-5-13(6-4-11)19-10-12(9-14(19)20)15(21)18-17(16(22)23)7-2-8-17/h3-6,12H,2,7-10H2,1H3,(H,18,21)(H,22,23). The average Bonchev–Trinajstić information content (AvgIpc) is 2.85. The monoisotopic (exact) mass is 316 g/mol. The first-order chi connectivity index (χ1) is 10.9. The number of carboxylic acid groups (broad SMARTS) is 1. The fourth-order valence-corrected chi connectivity index (χ4v) is 3.12. The van der Waals surface area contributed by atoms with E-state index in [4.69, 9.17) is 0 Å². The second-order valence-corrected chi connectivity index (χ2v) is 6.47. The molecule has 1 aromatic rings. The number of carbonyl (C=O) groups excluding carboxylic acids is 2. The number of nitrogens with one attached hydrogen (secondary N) is 1. The molecule has 1 aliphatic heterocycles. The predicted molar refractivity (Wildman–Crippen MR) is 84.0 cm³/mol. The SMILES string of the molecule is Cc1ccc(N2CC(C(=O)NC3(C(=O)O)CCC3)CC2=O)cc1. The van der Waals surface area contributed by atoms with Crippen LogP contribution in [0.5, 0.6) is 0 Å². The van der Waals surface area contributed by atoms with E-state index in [2.05, 4.69) is 5.32 Å². The first kappa shape index (κ1) is 15.5. The van der Waals surface area contributed by atoms with Crippen LogP contribution in [0.4, 0.5) is 5.69 Å². The molecule has 2 aliphatic rings. The molecule has 23 heavy (non-hydrogen) atoms. The highest BCUT2D eigenvalue weighted by Gasteiger charge is 2.47. The van der Waals surface area contributed by atoms with E-state index in [9.17, 15) is 19.5 Å². The molecule has 1 unspecified atom stereocenters. The molecule has 1 aliphatic carbocycles. The van der Waals surface area contributed by atoms with E-state index < -0.39 is 17.4 Å². The summed E-state index contributed by atoms with van der Waals surface area (Å²) >= 11 is 0. The van der Waals surface area contributed by atoms with E-state index in [1.165, 1.54) is 0 Å². The van der Waals surface area contributed by atoms with Crippen molar-refractivity contribution in [3.05, 3.63) is 29.8 Å². The molecule has 6 nitrogen and oxygen atoms in total. The van der Waals surface area contributed by atoms with Gasteiger partial charge in [-0.25, -0.2) is 4.79 Å². The van der Waals surface area contributed by atoms with Crippen molar-refractivity contribution >= 4 is 23.5 Å². The van der Waals surface area contributed by atoms with Crippen LogP contribution in [0.15, 0.2) is 24.3 Å². The number of nitrogens with zero attached hydrogens (tertiary/aromatic N) is 1. The topological polar surface area (TPSA) is 86.7 Å². The van der Waals surface area contributed by atoms with Gasteiger partial charge in [-0.3, -0.25) is 9.59 Å². The lowest BCUT2D eigenvalue weighted by Gasteiger charge is -2.38. The van der Waals surface area contributed by atoms with Crippen molar-refractivity contribution in [3.8, 4) is 0 Å². The Bertz CT molecular complexity index is 649. The highest BCUT2D eigenvalue weighted by Crippen LogP contribution is 2.33. The van der Waals surface area contributed by atoms with Crippen LogP contribution in [-0.4, -0.2) is 35.0 Å². The first-order valence-corrected chi connectivity index (χ1v) is 7.84. The molecule has 0 bridgehead atoms. The van der Waals surface area contributed by atoms with E-state index in [1.54, 1.807) is 4.90 Å². The highest BCUT2D eigenvalue weighted by atomic mass is 16.4. The maximum absolute atomic E-state index is 12.4. The molecule has 0 spiro atoms. The van der Waals surface area contributed by atoms with Crippen LogP contribution in [0.2, 0.25) is 0 Å². The molecule has 1 heterocycles. The number of benzene rings is 1. The molecule has 2 N–H and O–H groups in total. The molecule has 0 aromatic heterocycles. The second kappa shape index (κ2) is 5.68. The van der Waals surface area contributed by atoms with Crippen molar-refractivity contribution in [2.75, 3.05) is 11.4 Å². The maximum Gasteiger partial charge on any atom is 0.329 e. The van der Waals surface area contributed by atoms with Crippen LogP contribution in [0.25, 0.3) is 0 Å². The smallest absolute Gasteiger partial charge is 0.329 e. The summed E-state index contributed by atoms with van der Waals surface area (Å²) in [4.78, 5) is 37.5. The van der Waals surface area contributed by atoms with Crippen molar-refractivity contribution in [1.29, 1.82) is 0 Å². The summed E-state index contributed by atoms with van der Waals surface area (Å²) in [5.41, 5.74) is 0.743. The van der Waals surface area contributed by atoms with Gasteiger partial charge in [0.1, 0.15) is 5.54 Å². The Morgan fingerprint density at radius 1 is 1.26 bits per heavy atom. The third-order valence-electron chi connectivity index (χ3n) is 4.82. The molecule has 0 radical (unpaired) electrons. The van der Waals surface area contributed by atoms with Gasteiger partial charge in [-0.1, -0.05) is 17.7 Å². The van der Waals surface area contributed by atoms with Gasteiger partial charge in [0.25, 0.3) is 0 Å². The van der Waals surface area contributed by atoms with Crippen molar-refractivity contribution < 1.29 is 19.5 Å². The van der Waals surface area contributed by atoms with Crippen molar-refractivity contribution in [2.24, 2.45) is 5.92 Å². The van der Waals surface area contributed by atoms with E-state index in [0.717, 1.165) is 17.7 Å². The number of anilines is 1. The summed E-state index contributed by atoms with van der Waals surface area (Å²) < 4.78 is 0. The van der Waals surface area contributed by atoms with Gasteiger partial charge in [-0.15, -0.1) is 0 Å². The largest absolute Gasteiger partial charge is 0.480 e. The van der Waals surface area contributed by atoms with E-state index >= 15 is 0 Å². The summed E-state index contributed by atoms with van der Waals surface area (Å²) in [6, 6.07) is 7.56. The zero-order chi connectivity index (χ0) is 16.6. The van der Waals surface area contributed by atoms with Crippen LogP contribution in [0.3, 0.4) is 0 Å². The molecule has 1 aromatic carbocycles. The fraction of sp³-hybridized carbons (Fsp3) is 0.471. The molecule has 2 amide bonds. The van der Waals surface area contributed by atoms with Gasteiger partial charge < -0.3 is 15.3 Å². The van der Waals surface area contributed by atoms with Gasteiger partial charge in [0, 0.05) is 18.7 Å². The third kappa shape index (κ3) is 2.81. The Hall–Kier alpha value is -2.37. The number of carbonyl (C=O) groups is 3. The van der Waals surface area contributed by atoms with Gasteiger partial charge in [0.15, 0.2) is 0 Å². The normalized spacial score (nSPS) is 22.6. The summed E-state index contributed by atoms with van der Waals surface area (Å²) in [6.07, 6.45) is 1.83. The number of aryl methyl sites for hydroxylation is 1. The number of carboxylic acids is 1. The molecule has 1 saturated carbocycles. The fourth-order valence-electron chi connectivity index (χ4n) is 3.12. The van der Waals surface area contributed by atoms with Gasteiger partial charge in [0.05, 0.1) is 5.92 Å². The third-order valence-corrected chi connectivity index (χ3v) is 4.82. The van der Waals surface area contributed by atoms with Crippen LogP contribution in [0, 0.1) is 12.8 Å². The second-order valence-electron chi connectivity index (χ2n) is 6.47. The lowest BCUT2D eigenvalue weighted by atomic mass is 9.76. The van der Waals surface area contributed by atoms with Crippen LogP contribution < -0.4 is 10.2 Å². The van der Waals surface area contributed by atoms with E-state index in [1.807, 2.05) is 31.2 Å². The Morgan fingerprint density at radius 2 is 1.91 bits per heavy atom. The number of aliphatic carboxylic acids is 1. The number of hydrogen-bond acceptors (Lipinski definition) is 3. The molecule has 6 heteroatoms. The highest BCUT2D eigenvalue weighted by molar-refractivity contribution is 6.01. The first-order valence-electron chi connectivity index (χ1n) is 7.84. The van der Waals surface area contributed by atoms with Crippen molar-refractivity contribution in [2.45, 2.75) is 38.1 Å². The Labute approximate surface area is 134 Å². The van der Waals surface area contributed by atoms with Gasteiger partial charge >= 0.3 is 5.97 Å². The summed E-state index contributed by atoms with van der Waals surface area (Å²) in [7, 11) is 0. The molecular formula is C17H20N2O4. The quantitative estimate of drug-likeness (QED) is 0.880. The summed E-state index contributed by atoms with van der Waals surface area (Å²) in [5.74, 6) is -1.93. The lowest BCUT2D eigenvalue weighted by molar-refractivity contribution is -0.152. The van der Waals surface area contributed by atoms with Crippen molar-refractivity contribution in [3.63, 3.8) is 0 Å². The molecular weight excluding hydrogens is 296 g/mol. The maximum atomic E-state index is 12.4. The number of amides is 2. The Morgan fingerprint density at radius 3 is 2.43 bits per heavy atom. The zero-order valence-electron chi connectivity index (χ0n) is 13.0.